The summed E-state index contributed by atoms with van der Waals surface area (Å²) < 4.78 is 34.2. The van der Waals surface area contributed by atoms with Crippen LogP contribution in [0.1, 0.15) is 38.7 Å². The van der Waals surface area contributed by atoms with Crippen molar-refractivity contribution in [3.8, 4) is 5.75 Å². The van der Waals surface area contributed by atoms with E-state index < -0.39 is 10.0 Å². The predicted molar refractivity (Wildman–Crippen MR) is 129 cm³/mol. The van der Waals surface area contributed by atoms with Gasteiger partial charge in [0.15, 0.2) is 0 Å². The SMILES string of the molecule is CC(C)COc1ccccc1CN1CCC2(CCCN(S(=O)(=O)c3ccc(Cl)cc3)C2)C1. The maximum absolute atomic E-state index is 13.2. The van der Waals surface area contributed by atoms with Crippen LogP contribution in [0.2, 0.25) is 5.02 Å². The van der Waals surface area contributed by atoms with E-state index in [1.54, 1.807) is 28.6 Å². The third kappa shape index (κ3) is 5.30. The minimum atomic E-state index is -3.50. The van der Waals surface area contributed by atoms with Crippen molar-refractivity contribution in [1.82, 2.24) is 9.21 Å². The zero-order chi connectivity index (χ0) is 22.8. The van der Waals surface area contributed by atoms with Crippen molar-refractivity contribution in [2.45, 2.75) is 44.6 Å². The molecule has 0 amide bonds. The molecule has 0 bridgehead atoms. The summed E-state index contributed by atoms with van der Waals surface area (Å²) in [7, 11) is -3.50. The number of hydrogen-bond acceptors (Lipinski definition) is 4. The number of benzene rings is 2. The Labute approximate surface area is 197 Å². The maximum atomic E-state index is 13.2. The fourth-order valence-corrected chi connectivity index (χ4v) is 6.61. The summed E-state index contributed by atoms with van der Waals surface area (Å²) >= 11 is 5.95. The van der Waals surface area contributed by atoms with Crippen LogP contribution in [0, 0.1) is 11.3 Å². The average Bonchev–Trinajstić information content (AvgIpc) is 3.14. The smallest absolute Gasteiger partial charge is 0.243 e. The topological polar surface area (TPSA) is 49.9 Å². The molecule has 0 radical (unpaired) electrons. The molecule has 2 heterocycles. The number of piperidine rings is 1. The van der Waals surface area contributed by atoms with Crippen molar-refractivity contribution in [3.63, 3.8) is 0 Å². The number of nitrogens with zero attached hydrogens (tertiary/aromatic N) is 2. The van der Waals surface area contributed by atoms with Gasteiger partial charge >= 0.3 is 0 Å². The Kier molecular flexibility index (Phi) is 7.15. The lowest BCUT2D eigenvalue weighted by Crippen LogP contribution is -2.47. The van der Waals surface area contributed by atoms with Gasteiger partial charge in [0.25, 0.3) is 0 Å². The predicted octanol–water partition coefficient (Wildman–Crippen LogP) is 5.05. The standard InChI is InChI=1S/C25H33ClN2O3S/c1-20(2)17-31-24-7-4-3-6-21(24)16-27-15-13-25(18-27)12-5-14-28(19-25)32(29,30)23-10-8-22(26)9-11-23/h3-4,6-11,20H,5,12-19H2,1-2H3. The highest BCUT2D eigenvalue weighted by Crippen LogP contribution is 2.41. The molecule has 7 heteroatoms. The van der Waals surface area contributed by atoms with Gasteiger partial charge in [0.05, 0.1) is 11.5 Å². The van der Waals surface area contributed by atoms with Gasteiger partial charge in [-0.3, -0.25) is 4.90 Å². The molecule has 0 aliphatic carbocycles. The second-order valence-electron chi connectivity index (χ2n) is 9.67. The van der Waals surface area contributed by atoms with Crippen molar-refractivity contribution in [2.75, 3.05) is 32.8 Å². The van der Waals surface area contributed by atoms with Crippen molar-refractivity contribution in [2.24, 2.45) is 11.3 Å². The van der Waals surface area contributed by atoms with E-state index in [4.69, 9.17) is 16.3 Å². The van der Waals surface area contributed by atoms with Gasteiger partial charge in [-0.25, -0.2) is 8.42 Å². The van der Waals surface area contributed by atoms with Gasteiger partial charge in [-0.05, 0) is 67.5 Å². The van der Waals surface area contributed by atoms with Crippen LogP contribution in [0.5, 0.6) is 5.75 Å². The molecule has 0 N–H and O–H groups in total. The highest BCUT2D eigenvalue weighted by molar-refractivity contribution is 7.89. The molecule has 2 aromatic rings. The number of likely N-dealkylation sites (tertiary alicyclic amines) is 1. The first kappa shape index (κ1) is 23.6. The summed E-state index contributed by atoms with van der Waals surface area (Å²) in [5.41, 5.74) is 1.22. The van der Waals surface area contributed by atoms with Gasteiger partial charge in [-0.15, -0.1) is 0 Å². The third-order valence-corrected chi connectivity index (χ3v) is 8.65. The Bertz CT molecular complexity index is 1030. The Morgan fingerprint density at radius 3 is 2.53 bits per heavy atom. The number of para-hydroxylation sites is 1. The molecule has 2 saturated heterocycles. The van der Waals surface area contributed by atoms with Crippen molar-refractivity contribution in [1.29, 1.82) is 0 Å². The van der Waals surface area contributed by atoms with E-state index in [0.29, 0.717) is 35.5 Å². The molecule has 4 rings (SSSR count). The molecule has 1 atom stereocenters. The van der Waals surface area contributed by atoms with E-state index in [1.807, 2.05) is 12.1 Å². The zero-order valence-corrected chi connectivity index (χ0v) is 20.5. The Balaban J connectivity index is 1.44. The minimum absolute atomic E-state index is 0.0193. The lowest BCUT2D eigenvalue weighted by atomic mass is 9.80. The molecular weight excluding hydrogens is 444 g/mol. The molecule has 5 nitrogen and oxygen atoms in total. The first-order valence-corrected chi connectivity index (χ1v) is 13.3. The number of rotatable bonds is 7. The first-order chi connectivity index (χ1) is 15.3. The van der Waals surface area contributed by atoms with E-state index in [2.05, 4.69) is 30.9 Å². The molecule has 32 heavy (non-hydrogen) atoms. The van der Waals surface area contributed by atoms with Crippen LogP contribution in [0.4, 0.5) is 0 Å². The Hall–Kier alpha value is -1.60. The Morgan fingerprint density at radius 2 is 1.78 bits per heavy atom. The molecule has 1 spiro atoms. The van der Waals surface area contributed by atoms with E-state index in [0.717, 1.165) is 44.6 Å². The van der Waals surface area contributed by atoms with Crippen LogP contribution >= 0.6 is 11.6 Å². The van der Waals surface area contributed by atoms with Gasteiger partial charge in [-0.2, -0.15) is 4.31 Å². The zero-order valence-electron chi connectivity index (χ0n) is 19.0. The summed E-state index contributed by atoms with van der Waals surface area (Å²) in [5, 5.41) is 0.545. The lowest BCUT2D eigenvalue weighted by Gasteiger charge is -2.39. The Morgan fingerprint density at radius 1 is 1.03 bits per heavy atom. The summed E-state index contributed by atoms with van der Waals surface area (Å²) in [6, 6.07) is 14.8. The van der Waals surface area contributed by atoms with Crippen LogP contribution < -0.4 is 4.74 Å². The molecule has 0 aromatic heterocycles. The average molecular weight is 477 g/mol. The van der Waals surface area contributed by atoms with Crippen molar-refractivity contribution in [3.05, 3.63) is 59.1 Å². The van der Waals surface area contributed by atoms with E-state index in [-0.39, 0.29) is 5.41 Å². The van der Waals surface area contributed by atoms with Crippen molar-refractivity contribution >= 4 is 21.6 Å². The third-order valence-electron chi connectivity index (χ3n) is 6.53. The first-order valence-electron chi connectivity index (χ1n) is 11.5. The highest BCUT2D eigenvalue weighted by Gasteiger charge is 2.44. The molecule has 174 valence electrons. The number of hydrogen-bond donors (Lipinski definition) is 0. The van der Waals surface area contributed by atoms with Gasteiger partial charge < -0.3 is 4.74 Å². The van der Waals surface area contributed by atoms with E-state index in [9.17, 15) is 8.42 Å². The normalized spacial score (nSPS) is 22.6. The summed E-state index contributed by atoms with van der Waals surface area (Å²) in [4.78, 5) is 2.78. The van der Waals surface area contributed by atoms with Crippen LogP contribution in [-0.4, -0.2) is 50.4 Å². The van der Waals surface area contributed by atoms with Crippen LogP contribution in [-0.2, 0) is 16.6 Å². The summed E-state index contributed by atoms with van der Waals surface area (Å²) in [5.74, 6) is 1.44. The van der Waals surface area contributed by atoms with Gasteiger partial charge in [0.2, 0.25) is 10.0 Å². The second-order valence-corrected chi connectivity index (χ2v) is 12.0. The quantitative estimate of drug-likeness (QED) is 0.561. The van der Waals surface area contributed by atoms with Gasteiger partial charge in [0, 0.05) is 36.8 Å². The molecular formula is C25H33ClN2O3S. The fraction of sp³-hybridized carbons (Fsp3) is 0.520. The van der Waals surface area contributed by atoms with Crippen LogP contribution in [0.15, 0.2) is 53.4 Å². The van der Waals surface area contributed by atoms with E-state index in [1.165, 1.54) is 5.56 Å². The summed E-state index contributed by atoms with van der Waals surface area (Å²) in [6.45, 7) is 8.90. The van der Waals surface area contributed by atoms with E-state index >= 15 is 0 Å². The molecule has 2 aliphatic rings. The van der Waals surface area contributed by atoms with Crippen LogP contribution in [0.3, 0.4) is 0 Å². The number of halogens is 1. The van der Waals surface area contributed by atoms with Crippen molar-refractivity contribution < 1.29 is 13.2 Å². The van der Waals surface area contributed by atoms with Gasteiger partial charge in [-0.1, -0.05) is 43.6 Å². The second kappa shape index (κ2) is 9.72. The monoisotopic (exact) mass is 476 g/mol. The molecule has 2 aromatic carbocycles. The fourth-order valence-electron chi connectivity index (χ4n) is 4.89. The molecule has 0 saturated carbocycles. The molecule has 2 aliphatic heterocycles. The number of sulfonamides is 1. The molecule has 2 fully saturated rings. The molecule has 1 unspecified atom stereocenters. The maximum Gasteiger partial charge on any atom is 0.243 e. The summed E-state index contributed by atoms with van der Waals surface area (Å²) in [6.07, 6.45) is 2.99. The van der Waals surface area contributed by atoms with Crippen LogP contribution in [0.25, 0.3) is 0 Å². The van der Waals surface area contributed by atoms with Gasteiger partial charge in [0.1, 0.15) is 5.75 Å². The number of ether oxygens (including phenoxy) is 1. The largest absolute Gasteiger partial charge is 0.493 e. The highest BCUT2D eigenvalue weighted by atomic mass is 35.5. The lowest BCUT2D eigenvalue weighted by molar-refractivity contribution is 0.146. The minimum Gasteiger partial charge on any atom is -0.493 e.